The molecule has 0 spiro atoms. The Morgan fingerprint density at radius 2 is 2.25 bits per heavy atom. The highest BCUT2D eigenvalue weighted by atomic mass is 16.3. The number of piperidine rings is 1. The zero-order valence-electron chi connectivity index (χ0n) is 14.3. The second-order valence-corrected chi connectivity index (χ2v) is 7.60. The lowest BCUT2D eigenvalue weighted by Gasteiger charge is -2.32. The van der Waals surface area contributed by atoms with Gasteiger partial charge in [-0.25, -0.2) is 0 Å². The first kappa shape index (κ1) is 15.7. The number of hydrogen-bond acceptors (Lipinski definition) is 2. The van der Waals surface area contributed by atoms with Crippen molar-refractivity contribution in [1.29, 1.82) is 0 Å². The minimum absolute atomic E-state index is 0.102. The van der Waals surface area contributed by atoms with Crippen molar-refractivity contribution in [3.05, 3.63) is 35.0 Å². The summed E-state index contributed by atoms with van der Waals surface area (Å²) in [6.07, 6.45) is 5.39. The number of fused-ring (bicyclic) bond motifs is 3. The number of aromatic nitrogens is 1. The van der Waals surface area contributed by atoms with Crippen LogP contribution in [0.15, 0.2) is 18.2 Å². The smallest absolute Gasteiger partial charge is 0.255 e. The second-order valence-electron chi connectivity index (χ2n) is 7.60. The van der Waals surface area contributed by atoms with Gasteiger partial charge in [0.1, 0.15) is 0 Å². The Kier molecular flexibility index (Phi) is 4.09. The molecule has 1 saturated heterocycles. The SMILES string of the molecule is CC1CCc2[nH]c3c(C(=O)N4CCCC(CO)C4)cccc3c2C1. The topological polar surface area (TPSA) is 56.3 Å². The first-order chi connectivity index (χ1) is 11.7. The summed E-state index contributed by atoms with van der Waals surface area (Å²) in [4.78, 5) is 18.5. The molecule has 2 aliphatic rings. The molecule has 0 saturated carbocycles. The summed E-state index contributed by atoms with van der Waals surface area (Å²) in [5, 5.41) is 10.6. The molecular weight excluding hydrogens is 300 g/mol. The zero-order valence-corrected chi connectivity index (χ0v) is 14.3. The van der Waals surface area contributed by atoms with Gasteiger partial charge in [0.15, 0.2) is 0 Å². The van der Waals surface area contributed by atoms with Gasteiger partial charge < -0.3 is 15.0 Å². The molecule has 0 radical (unpaired) electrons. The van der Waals surface area contributed by atoms with Crippen molar-refractivity contribution >= 4 is 16.8 Å². The van der Waals surface area contributed by atoms with Gasteiger partial charge in [0.25, 0.3) is 5.91 Å². The predicted molar refractivity (Wildman–Crippen MR) is 95.2 cm³/mol. The molecule has 2 atom stereocenters. The van der Waals surface area contributed by atoms with Crippen molar-refractivity contribution < 1.29 is 9.90 Å². The van der Waals surface area contributed by atoms with Crippen LogP contribution in [0.3, 0.4) is 0 Å². The predicted octanol–water partition coefficient (Wildman–Crippen LogP) is 3.14. The second kappa shape index (κ2) is 6.25. The van der Waals surface area contributed by atoms with Crippen molar-refractivity contribution in [2.75, 3.05) is 19.7 Å². The van der Waals surface area contributed by atoms with Gasteiger partial charge in [-0.2, -0.15) is 0 Å². The Bertz CT molecular complexity index is 764. The molecular formula is C20H26N2O2. The molecule has 2 N–H and O–H groups in total. The van der Waals surface area contributed by atoms with Crippen LogP contribution in [0.4, 0.5) is 0 Å². The van der Waals surface area contributed by atoms with E-state index in [1.807, 2.05) is 17.0 Å². The number of aliphatic hydroxyl groups excluding tert-OH is 1. The van der Waals surface area contributed by atoms with E-state index in [-0.39, 0.29) is 18.4 Å². The Balaban J connectivity index is 1.70. The van der Waals surface area contributed by atoms with Crippen LogP contribution in [0.1, 0.15) is 47.8 Å². The van der Waals surface area contributed by atoms with Crippen molar-refractivity contribution in [1.82, 2.24) is 9.88 Å². The number of aliphatic hydroxyl groups is 1. The molecule has 4 nitrogen and oxygen atoms in total. The van der Waals surface area contributed by atoms with E-state index in [4.69, 9.17) is 0 Å². The van der Waals surface area contributed by atoms with Gasteiger partial charge in [-0.1, -0.05) is 19.1 Å². The number of aryl methyl sites for hydroxylation is 1. The van der Waals surface area contributed by atoms with E-state index in [1.165, 1.54) is 23.1 Å². The van der Waals surface area contributed by atoms with Crippen molar-refractivity contribution in [3.63, 3.8) is 0 Å². The Morgan fingerprint density at radius 1 is 1.38 bits per heavy atom. The monoisotopic (exact) mass is 326 g/mol. The van der Waals surface area contributed by atoms with Crippen LogP contribution >= 0.6 is 0 Å². The van der Waals surface area contributed by atoms with Gasteiger partial charge in [-0.3, -0.25) is 4.79 Å². The average molecular weight is 326 g/mol. The standard InChI is InChI=1S/C20H26N2O2/c1-13-7-8-18-17(10-13)15-5-2-6-16(19(15)21-18)20(24)22-9-3-4-14(11-22)12-23/h2,5-6,13-14,21,23H,3-4,7-12H2,1H3. The zero-order chi connectivity index (χ0) is 16.7. The summed E-state index contributed by atoms with van der Waals surface area (Å²) in [6.45, 7) is 3.94. The van der Waals surface area contributed by atoms with Gasteiger partial charge in [0, 0.05) is 30.8 Å². The Hall–Kier alpha value is -1.81. The lowest BCUT2D eigenvalue weighted by Crippen LogP contribution is -2.41. The number of carbonyl (C=O) groups is 1. The third-order valence-electron chi connectivity index (χ3n) is 5.76. The molecule has 128 valence electrons. The van der Waals surface area contributed by atoms with Crippen LogP contribution in [0.5, 0.6) is 0 Å². The van der Waals surface area contributed by atoms with Crippen molar-refractivity contribution in [2.24, 2.45) is 11.8 Å². The van der Waals surface area contributed by atoms with Crippen LogP contribution in [0.25, 0.3) is 10.9 Å². The molecule has 4 rings (SSSR count). The molecule has 4 heteroatoms. The van der Waals surface area contributed by atoms with E-state index < -0.39 is 0 Å². The molecule has 2 unspecified atom stereocenters. The number of benzene rings is 1. The maximum Gasteiger partial charge on any atom is 0.255 e. The summed E-state index contributed by atoms with van der Waals surface area (Å²) >= 11 is 0. The number of nitrogens with zero attached hydrogens (tertiary/aromatic N) is 1. The fourth-order valence-electron chi connectivity index (χ4n) is 4.36. The molecule has 1 aliphatic heterocycles. The van der Waals surface area contributed by atoms with E-state index in [2.05, 4.69) is 18.0 Å². The summed E-state index contributed by atoms with van der Waals surface area (Å²) in [5.41, 5.74) is 4.52. The van der Waals surface area contributed by atoms with Crippen molar-refractivity contribution in [3.8, 4) is 0 Å². The summed E-state index contributed by atoms with van der Waals surface area (Å²) < 4.78 is 0. The van der Waals surface area contributed by atoms with Gasteiger partial charge >= 0.3 is 0 Å². The number of rotatable bonds is 2. The highest BCUT2D eigenvalue weighted by Crippen LogP contribution is 2.33. The van der Waals surface area contributed by atoms with E-state index in [1.54, 1.807) is 0 Å². The van der Waals surface area contributed by atoms with Gasteiger partial charge in [-0.05, 0) is 55.6 Å². The molecule has 24 heavy (non-hydrogen) atoms. The normalized spacial score (nSPS) is 24.2. The fourth-order valence-corrected chi connectivity index (χ4v) is 4.36. The molecule has 1 amide bonds. The molecule has 2 heterocycles. The van der Waals surface area contributed by atoms with E-state index in [0.717, 1.165) is 43.3 Å². The van der Waals surface area contributed by atoms with E-state index in [9.17, 15) is 9.90 Å². The Labute approximate surface area is 142 Å². The number of para-hydroxylation sites is 1. The van der Waals surface area contributed by atoms with Crippen LogP contribution in [-0.2, 0) is 12.8 Å². The van der Waals surface area contributed by atoms with E-state index in [0.29, 0.717) is 12.5 Å². The fraction of sp³-hybridized carbons (Fsp3) is 0.550. The molecule has 1 aromatic heterocycles. The van der Waals surface area contributed by atoms with Gasteiger partial charge in [0.2, 0.25) is 0 Å². The Morgan fingerprint density at radius 3 is 3.08 bits per heavy atom. The van der Waals surface area contributed by atoms with Crippen LogP contribution in [0, 0.1) is 11.8 Å². The van der Waals surface area contributed by atoms with Gasteiger partial charge in [-0.15, -0.1) is 0 Å². The third kappa shape index (κ3) is 2.63. The lowest BCUT2D eigenvalue weighted by molar-refractivity contribution is 0.0622. The molecule has 1 aromatic carbocycles. The molecule has 1 aliphatic carbocycles. The number of H-pyrrole nitrogens is 1. The van der Waals surface area contributed by atoms with Gasteiger partial charge in [0.05, 0.1) is 11.1 Å². The minimum Gasteiger partial charge on any atom is -0.396 e. The first-order valence-corrected chi connectivity index (χ1v) is 9.20. The number of nitrogens with one attached hydrogen (secondary N) is 1. The molecule has 0 bridgehead atoms. The summed E-state index contributed by atoms with van der Waals surface area (Å²) in [6, 6.07) is 6.10. The van der Waals surface area contributed by atoms with E-state index >= 15 is 0 Å². The number of amides is 1. The maximum atomic E-state index is 13.1. The average Bonchev–Trinajstić information content (AvgIpc) is 2.99. The largest absolute Gasteiger partial charge is 0.396 e. The third-order valence-corrected chi connectivity index (χ3v) is 5.76. The maximum absolute atomic E-state index is 13.1. The number of hydrogen-bond donors (Lipinski definition) is 2. The van der Waals surface area contributed by atoms with Crippen LogP contribution < -0.4 is 0 Å². The lowest BCUT2D eigenvalue weighted by atomic mass is 9.87. The number of aromatic amines is 1. The quantitative estimate of drug-likeness (QED) is 0.891. The first-order valence-electron chi connectivity index (χ1n) is 9.20. The van der Waals surface area contributed by atoms with Crippen LogP contribution in [-0.4, -0.2) is 40.6 Å². The highest BCUT2D eigenvalue weighted by molar-refractivity contribution is 6.06. The van der Waals surface area contributed by atoms with Crippen molar-refractivity contribution in [2.45, 2.75) is 39.0 Å². The van der Waals surface area contributed by atoms with Crippen LogP contribution in [0.2, 0.25) is 0 Å². The summed E-state index contributed by atoms with van der Waals surface area (Å²) in [5.74, 6) is 1.04. The number of carbonyl (C=O) groups excluding carboxylic acids is 1. The number of likely N-dealkylation sites (tertiary alicyclic amines) is 1. The molecule has 1 fully saturated rings. The molecule has 2 aromatic rings. The summed E-state index contributed by atoms with van der Waals surface area (Å²) in [7, 11) is 0. The minimum atomic E-state index is 0.102. The highest BCUT2D eigenvalue weighted by Gasteiger charge is 2.27.